The molecule has 5 heteroatoms. The lowest BCUT2D eigenvalue weighted by Crippen LogP contribution is -2.28. The van der Waals surface area contributed by atoms with E-state index in [4.69, 9.17) is 4.74 Å². The van der Waals surface area contributed by atoms with E-state index in [-0.39, 0.29) is 5.91 Å². The Morgan fingerprint density at radius 2 is 2.08 bits per heavy atom. The summed E-state index contributed by atoms with van der Waals surface area (Å²) in [7, 11) is 1.67. The molecule has 122 valence electrons. The van der Waals surface area contributed by atoms with Crippen molar-refractivity contribution in [2.75, 3.05) is 20.2 Å². The predicted molar refractivity (Wildman–Crippen MR) is 92.3 cm³/mol. The number of carbonyl (C=O) groups is 1. The fourth-order valence-electron chi connectivity index (χ4n) is 3.34. The molecule has 0 spiro atoms. The highest BCUT2D eigenvalue weighted by Gasteiger charge is 2.28. The van der Waals surface area contributed by atoms with Crippen LogP contribution in [0.1, 0.15) is 28.3 Å². The maximum Gasteiger partial charge on any atom is 0.253 e. The summed E-state index contributed by atoms with van der Waals surface area (Å²) in [5.74, 6) is 1.33. The van der Waals surface area contributed by atoms with E-state index in [1.807, 2.05) is 35.2 Å². The first-order valence-corrected chi connectivity index (χ1v) is 8.11. The maximum absolute atomic E-state index is 12.8. The molecule has 0 unspecified atom stereocenters. The third-order valence-electron chi connectivity index (χ3n) is 4.73. The summed E-state index contributed by atoms with van der Waals surface area (Å²) >= 11 is 0. The largest absolute Gasteiger partial charge is 0.497 e. The van der Waals surface area contributed by atoms with E-state index < -0.39 is 0 Å². The number of carbonyl (C=O) groups excluding carboxylic acids is 1. The molecule has 1 fully saturated rings. The second-order valence-corrected chi connectivity index (χ2v) is 6.14. The number of nitrogens with one attached hydrogen (secondary N) is 1. The molecule has 1 aliphatic heterocycles. The second kappa shape index (κ2) is 6.00. The van der Waals surface area contributed by atoms with E-state index in [0.717, 1.165) is 36.3 Å². The van der Waals surface area contributed by atoms with Gasteiger partial charge in [0.2, 0.25) is 0 Å². The van der Waals surface area contributed by atoms with E-state index in [0.29, 0.717) is 11.5 Å². The molecule has 1 aromatic heterocycles. The predicted octanol–water partition coefficient (Wildman–Crippen LogP) is 3.20. The minimum absolute atomic E-state index is 0.0857. The number of ether oxygens (including phenoxy) is 1. The molecule has 0 bridgehead atoms. The standard InChI is InChI=1S/C19H19N3O2/c1-24-16-5-2-13(3-6-16)15-8-9-22(11-15)19(23)14-4-7-17-18(10-14)21-12-20-17/h2-7,10,12,15H,8-9,11H2,1H3,(H,20,21)/t15-/m0/s1. The number of rotatable bonds is 3. The van der Waals surface area contributed by atoms with Gasteiger partial charge in [-0.05, 0) is 42.3 Å². The highest BCUT2D eigenvalue weighted by atomic mass is 16.5. The number of H-pyrrole nitrogens is 1. The molecule has 1 aliphatic rings. The molecule has 1 atom stereocenters. The summed E-state index contributed by atoms with van der Waals surface area (Å²) in [5.41, 5.74) is 3.74. The highest BCUT2D eigenvalue weighted by Crippen LogP contribution is 2.29. The van der Waals surface area contributed by atoms with Crippen molar-refractivity contribution in [1.29, 1.82) is 0 Å². The van der Waals surface area contributed by atoms with E-state index in [9.17, 15) is 4.79 Å². The summed E-state index contributed by atoms with van der Waals surface area (Å²) in [6, 6.07) is 13.8. The quantitative estimate of drug-likeness (QED) is 0.806. The first-order chi connectivity index (χ1) is 11.7. The molecular formula is C19H19N3O2. The molecule has 4 rings (SSSR count). The molecule has 0 aliphatic carbocycles. The van der Waals surface area contributed by atoms with Crippen LogP contribution in [0.3, 0.4) is 0 Å². The number of hydrogen-bond acceptors (Lipinski definition) is 3. The van der Waals surface area contributed by atoms with Gasteiger partial charge in [0.25, 0.3) is 5.91 Å². The number of amides is 1. The average molecular weight is 321 g/mol. The number of benzene rings is 2. The van der Waals surface area contributed by atoms with Crippen molar-refractivity contribution in [2.45, 2.75) is 12.3 Å². The zero-order valence-corrected chi connectivity index (χ0v) is 13.5. The molecule has 1 N–H and O–H groups in total. The number of hydrogen-bond donors (Lipinski definition) is 1. The third-order valence-corrected chi connectivity index (χ3v) is 4.73. The van der Waals surface area contributed by atoms with Crippen molar-refractivity contribution in [2.24, 2.45) is 0 Å². The van der Waals surface area contributed by atoms with Crippen LogP contribution in [0.25, 0.3) is 11.0 Å². The molecule has 3 aromatic rings. The van der Waals surface area contributed by atoms with Gasteiger partial charge >= 0.3 is 0 Å². The van der Waals surface area contributed by atoms with Crippen LogP contribution in [0.15, 0.2) is 48.8 Å². The van der Waals surface area contributed by atoms with E-state index in [2.05, 4.69) is 22.1 Å². The number of likely N-dealkylation sites (tertiary alicyclic amines) is 1. The first kappa shape index (κ1) is 14.8. The smallest absolute Gasteiger partial charge is 0.253 e. The van der Waals surface area contributed by atoms with Crippen molar-refractivity contribution in [1.82, 2.24) is 14.9 Å². The van der Waals surface area contributed by atoms with Crippen LogP contribution in [0.4, 0.5) is 0 Å². The van der Waals surface area contributed by atoms with Gasteiger partial charge in [0.15, 0.2) is 0 Å². The van der Waals surface area contributed by atoms with E-state index >= 15 is 0 Å². The molecule has 2 aromatic carbocycles. The lowest BCUT2D eigenvalue weighted by Gasteiger charge is -2.17. The maximum atomic E-state index is 12.8. The van der Waals surface area contributed by atoms with Gasteiger partial charge in [0.1, 0.15) is 5.75 Å². The molecule has 5 nitrogen and oxygen atoms in total. The van der Waals surface area contributed by atoms with Gasteiger partial charge in [-0.2, -0.15) is 0 Å². The fraction of sp³-hybridized carbons (Fsp3) is 0.263. The Labute approximate surface area is 140 Å². The summed E-state index contributed by atoms with van der Waals surface area (Å²) in [6.07, 6.45) is 2.64. The number of aromatic nitrogens is 2. The van der Waals surface area contributed by atoms with Crippen LogP contribution >= 0.6 is 0 Å². The number of fused-ring (bicyclic) bond motifs is 1. The van der Waals surface area contributed by atoms with Crippen LogP contribution in [0, 0.1) is 0 Å². The minimum Gasteiger partial charge on any atom is -0.497 e. The second-order valence-electron chi connectivity index (χ2n) is 6.14. The summed E-state index contributed by atoms with van der Waals surface area (Å²) < 4.78 is 5.20. The van der Waals surface area contributed by atoms with E-state index in [1.165, 1.54) is 5.56 Å². The molecule has 24 heavy (non-hydrogen) atoms. The molecule has 1 amide bonds. The number of aromatic amines is 1. The Morgan fingerprint density at radius 1 is 1.25 bits per heavy atom. The average Bonchev–Trinajstić information content (AvgIpc) is 3.30. The van der Waals surface area contributed by atoms with Crippen LogP contribution in [0.2, 0.25) is 0 Å². The van der Waals surface area contributed by atoms with Gasteiger partial charge < -0.3 is 14.6 Å². The van der Waals surface area contributed by atoms with Crippen LogP contribution < -0.4 is 4.74 Å². The summed E-state index contributed by atoms with van der Waals surface area (Å²) in [6.45, 7) is 1.54. The normalized spacial score (nSPS) is 17.4. The van der Waals surface area contributed by atoms with Gasteiger partial charge in [-0.1, -0.05) is 12.1 Å². The summed E-state index contributed by atoms with van der Waals surface area (Å²) in [4.78, 5) is 21.9. The Hall–Kier alpha value is -2.82. The SMILES string of the molecule is COc1ccc([C@H]2CCN(C(=O)c3ccc4nc[nH]c4c3)C2)cc1. The number of nitrogens with zero attached hydrogens (tertiary/aromatic N) is 2. The lowest BCUT2D eigenvalue weighted by atomic mass is 9.98. The van der Waals surface area contributed by atoms with Crippen molar-refractivity contribution in [3.05, 3.63) is 59.9 Å². The Bertz CT molecular complexity index is 870. The van der Waals surface area contributed by atoms with E-state index in [1.54, 1.807) is 13.4 Å². The molecule has 2 heterocycles. The molecular weight excluding hydrogens is 302 g/mol. The molecule has 1 saturated heterocycles. The Morgan fingerprint density at radius 3 is 2.88 bits per heavy atom. The molecule has 0 radical (unpaired) electrons. The van der Waals surface area contributed by atoms with Gasteiger partial charge in [0, 0.05) is 24.6 Å². The monoisotopic (exact) mass is 321 g/mol. The van der Waals surface area contributed by atoms with Crippen LogP contribution in [0.5, 0.6) is 5.75 Å². The minimum atomic E-state index is 0.0857. The summed E-state index contributed by atoms with van der Waals surface area (Å²) in [5, 5.41) is 0. The zero-order chi connectivity index (χ0) is 16.5. The van der Waals surface area contributed by atoms with Gasteiger partial charge in [-0.25, -0.2) is 4.98 Å². The van der Waals surface area contributed by atoms with Gasteiger partial charge in [0.05, 0.1) is 24.5 Å². The van der Waals surface area contributed by atoms with Gasteiger partial charge in [-0.15, -0.1) is 0 Å². The third kappa shape index (κ3) is 2.62. The Balaban J connectivity index is 1.49. The molecule has 0 saturated carbocycles. The zero-order valence-electron chi connectivity index (χ0n) is 13.5. The van der Waals surface area contributed by atoms with Crippen molar-refractivity contribution >= 4 is 16.9 Å². The highest BCUT2D eigenvalue weighted by molar-refractivity contribution is 5.97. The number of methoxy groups -OCH3 is 1. The van der Waals surface area contributed by atoms with Crippen molar-refractivity contribution < 1.29 is 9.53 Å². The lowest BCUT2D eigenvalue weighted by molar-refractivity contribution is 0.0791. The van der Waals surface area contributed by atoms with Gasteiger partial charge in [-0.3, -0.25) is 4.79 Å². The Kier molecular flexibility index (Phi) is 3.69. The fourth-order valence-corrected chi connectivity index (χ4v) is 3.34. The number of imidazole rings is 1. The van der Waals surface area contributed by atoms with Crippen molar-refractivity contribution in [3.8, 4) is 5.75 Å². The van der Waals surface area contributed by atoms with Crippen LogP contribution in [-0.2, 0) is 0 Å². The van der Waals surface area contributed by atoms with Crippen LogP contribution in [-0.4, -0.2) is 41.0 Å². The van der Waals surface area contributed by atoms with Crippen molar-refractivity contribution in [3.63, 3.8) is 0 Å². The topological polar surface area (TPSA) is 58.2 Å². The first-order valence-electron chi connectivity index (χ1n) is 8.11.